The average Bonchev–Trinajstić information content (AvgIpc) is 1.32. The Balaban J connectivity index is 0.000000153. The van der Waals surface area contributed by atoms with E-state index in [9.17, 15) is 26.4 Å². The first-order valence-electron chi connectivity index (χ1n) is 44.8. The molecule has 20 rings (SSSR count). The van der Waals surface area contributed by atoms with Crippen molar-refractivity contribution in [3.8, 4) is 5.75 Å². The van der Waals surface area contributed by atoms with E-state index in [1.165, 1.54) is 55.8 Å². The minimum atomic E-state index is -3.51. The number of nitrogens with one attached hydrogen (secondary N) is 3. The Bertz CT molecular complexity index is 8150. The molecule has 0 aliphatic carbocycles. The lowest BCUT2D eigenvalue weighted by atomic mass is 9.99. The number of thiophene rings is 1. The number of sulfonamides is 2. The van der Waals surface area contributed by atoms with Crippen molar-refractivity contribution in [2.75, 3.05) is 21.2 Å². The van der Waals surface area contributed by atoms with Crippen LogP contribution in [0.5, 0.6) is 5.75 Å². The van der Waals surface area contributed by atoms with Crippen molar-refractivity contribution in [2.45, 2.75) is 93.6 Å². The minimum Gasteiger partial charge on any atom is -0.496 e. The van der Waals surface area contributed by atoms with E-state index in [-0.39, 0.29) is 35.6 Å². The molecule has 742 valence electrons. The highest BCUT2D eigenvalue weighted by molar-refractivity contribution is 7.88. The number of H-pyrrole nitrogens is 1. The fourth-order valence-electron chi connectivity index (χ4n) is 15.5. The molecule has 2 amide bonds. The summed E-state index contributed by atoms with van der Waals surface area (Å²) in [4.78, 5) is 34.9. The highest BCUT2D eigenvalue weighted by Crippen LogP contribution is 2.34. The topological polar surface area (TPSA) is 288 Å². The molecule has 10 N–H and O–H groups in total. The number of hydrogen-bond acceptors (Lipinski definition) is 12. The number of amidine groups is 1. The van der Waals surface area contributed by atoms with Gasteiger partial charge in [-0.05, 0) is 377 Å². The van der Waals surface area contributed by atoms with Crippen LogP contribution in [-0.2, 0) is 54.0 Å². The molecule has 0 aliphatic rings. The second-order valence-electron chi connectivity index (χ2n) is 34.3. The highest BCUT2D eigenvalue weighted by atomic mass is 35.5. The number of ether oxygens (including phenoxy) is 1. The predicted octanol–water partition coefficient (Wildman–Crippen LogP) is 31.5. The number of amides is 2. The predicted molar refractivity (Wildman–Crippen MR) is 613 cm³/mol. The van der Waals surface area contributed by atoms with Crippen LogP contribution in [0, 0.1) is 69.2 Å². The number of fused-ring (bicyclic) bond motifs is 10. The molecule has 16 aromatic carbocycles. The third kappa shape index (κ3) is 33.3. The van der Waals surface area contributed by atoms with Crippen LogP contribution in [0.2, 0.25) is 49.8 Å². The monoisotopic (exact) mass is 2170 g/mol. The molecule has 0 fully saturated rings. The van der Waals surface area contributed by atoms with Gasteiger partial charge in [-0.3, -0.25) is 9.59 Å². The number of halogens is 10. The summed E-state index contributed by atoms with van der Waals surface area (Å²) in [6.07, 6.45) is 2.48. The zero-order chi connectivity index (χ0) is 105. The standard InChI is InChI=1S/C14H14ClNO.C13H14ClNO2S.C13H12ClNO.C12H11ClN2O.C12H12ClNO2S.C12H11ClO.C11H9Cl.2C10H8ClN.C7H6ClNS/c1-9-5-10-3-4-13(15)7-12(10)6-11(9)8-14(17)16-2;1-9-5-10-3-4-13(14)7-11(10)6-12(9)8-18(16,17)15-2;1-8-4-9-2-3-12(14)6-11(9)5-10(8)7-13(15)16;1-7-4-8-2-3-10(13)5-9(8)6-11(7)12(14)15-16;1-8-4-9-2-3-12(13)6-10(9)5-11(8)7-17(14,15)16;1-8-5-9-3-4-11(13)6-10(9)7-12(8)14-2;1-8-2-3-9-4-5-11(12)7-10(9)6-8;1-7-2-4-9-8(6-7)3-5-10(11)12-9;1-7-2-3-8-5-10(11)12-6-9(8)4-7;1-4-2-5-3-6(8)10-7(5)9-4/h3-7H,8H2,1-2H3,(H,16,17);3-7,15H,8H2,1-2H3;2-6H,7H2,1H3,(H2,15,16);2-6,16H,1H3,(H2,14,15);2-6H,7H2,1H3,(H2,14,15,16);3-7H,1-2H3;2-7H,1H3;2*2-6H,1H3;2-3,9H,1H3. The number of benzene rings is 16. The van der Waals surface area contributed by atoms with Crippen LogP contribution in [0.4, 0.5) is 0 Å². The van der Waals surface area contributed by atoms with Gasteiger partial charge in [0.15, 0.2) is 5.84 Å². The molecule has 0 saturated heterocycles. The number of primary amides is 1. The molecule has 4 aromatic heterocycles. The summed E-state index contributed by atoms with van der Waals surface area (Å²) in [5.74, 6) is 0.553. The van der Waals surface area contributed by atoms with E-state index in [1.807, 2.05) is 273 Å². The fourth-order valence-corrected chi connectivity index (χ4v) is 19.8. The molecule has 0 unspecified atom stereocenters. The summed E-state index contributed by atoms with van der Waals surface area (Å²) < 4.78 is 53.8. The minimum absolute atomic E-state index is 0.0161. The molecule has 30 heteroatoms. The van der Waals surface area contributed by atoms with Gasteiger partial charge in [0.2, 0.25) is 31.9 Å². The van der Waals surface area contributed by atoms with Gasteiger partial charge in [-0.25, -0.2) is 36.7 Å². The van der Waals surface area contributed by atoms with Crippen molar-refractivity contribution in [3.63, 3.8) is 0 Å². The molecule has 0 atom stereocenters. The fraction of sp³-hybridized carbons (Fsp3) is 0.149. The van der Waals surface area contributed by atoms with Crippen LogP contribution in [0.25, 0.3) is 107 Å². The second kappa shape index (κ2) is 51.8. The largest absolute Gasteiger partial charge is 0.496 e. The first-order chi connectivity index (χ1) is 68.2. The molecule has 20 aromatic rings. The number of carbonyl (C=O) groups is 2. The van der Waals surface area contributed by atoms with E-state index >= 15 is 0 Å². The molecule has 0 saturated carbocycles. The third-order valence-corrected chi connectivity index (χ3v) is 28.2. The van der Waals surface area contributed by atoms with Gasteiger partial charge in [0, 0.05) is 75.8 Å². The van der Waals surface area contributed by atoms with Gasteiger partial charge >= 0.3 is 0 Å². The van der Waals surface area contributed by atoms with Crippen LogP contribution >= 0.6 is 127 Å². The normalized spacial score (nSPS) is 11.1. The Kier molecular flexibility index (Phi) is 40.4. The van der Waals surface area contributed by atoms with E-state index in [0.717, 1.165) is 157 Å². The number of aromatic nitrogens is 3. The van der Waals surface area contributed by atoms with Crippen molar-refractivity contribution in [2.24, 2.45) is 21.8 Å². The van der Waals surface area contributed by atoms with Crippen molar-refractivity contribution < 1.29 is 36.4 Å². The maximum absolute atomic E-state index is 11.6. The summed E-state index contributed by atoms with van der Waals surface area (Å²) >= 11 is 60.3. The lowest BCUT2D eigenvalue weighted by molar-refractivity contribution is -0.120. The smallest absolute Gasteiger partial charge is 0.224 e. The number of pyridine rings is 2. The van der Waals surface area contributed by atoms with Crippen molar-refractivity contribution in [1.29, 1.82) is 0 Å². The molecular weight excluding hydrogens is 2070 g/mol. The number of carbonyl (C=O) groups excluding carboxylic acids is 2. The van der Waals surface area contributed by atoms with E-state index < -0.39 is 20.0 Å². The van der Waals surface area contributed by atoms with E-state index in [2.05, 4.69) is 112 Å². The number of aromatic amines is 1. The van der Waals surface area contributed by atoms with Gasteiger partial charge in [0.05, 0.1) is 41.3 Å². The van der Waals surface area contributed by atoms with Gasteiger partial charge in [-0.2, -0.15) is 0 Å². The van der Waals surface area contributed by atoms with Crippen molar-refractivity contribution in [3.05, 3.63) is 425 Å². The van der Waals surface area contributed by atoms with E-state index in [1.54, 1.807) is 31.7 Å². The van der Waals surface area contributed by atoms with Gasteiger partial charge in [0.1, 0.15) is 20.9 Å². The summed E-state index contributed by atoms with van der Waals surface area (Å²) in [5, 5.41) is 45.1. The molecule has 0 bridgehead atoms. The molecule has 17 nitrogen and oxygen atoms in total. The van der Waals surface area contributed by atoms with Crippen LogP contribution < -0.4 is 31.4 Å². The number of rotatable bonds is 11. The van der Waals surface area contributed by atoms with Crippen molar-refractivity contribution in [1.82, 2.24) is 25.0 Å². The third-order valence-electron chi connectivity index (χ3n) is 22.9. The number of methoxy groups -OCH3 is 1. The van der Waals surface area contributed by atoms with Crippen molar-refractivity contribution >= 4 is 272 Å². The first-order valence-corrected chi connectivity index (χ1v) is 52.8. The number of nitrogens with two attached hydrogens (primary N) is 3. The summed E-state index contributed by atoms with van der Waals surface area (Å²) in [6.45, 7) is 20.0. The number of primary sulfonamides is 1. The number of nitrogens with zero attached hydrogens (tertiary/aromatic N) is 3. The van der Waals surface area contributed by atoms with Gasteiger partial charge < -0.3 is 31.7 Å². The van der Waals surface area contributed by atoms with Gasteiger partial charge in [-0.1, -0.05) is 259 Å². The molecule has 0 radical (unpaired) electrons. The van der Waals surface area contributed by atoms with Gasteiger partial charge in [-0.15, -0.1) is 11.3 Å². The second-order valence-corrected chi connectivity index (χ2v) is 43.3. The van der Waals surface area contributed by atoms with Crippen LogP contribution in [0.3, 0.4) is 0 Å². The Labute approximate surface area is 892 Å². The average molecular weight is 2180 g/mol. The highest BCUT2D eigenvalue weighted by Gasteiger charge is 2.16. The molecule has 144 heavy (non-hydrogen) atoms. The first kappa shape index (κ1) is 112. The Hall–Kier alpha value is -11.9. The zero-order valence-corrected chi connectivity index (χ0v) is 90.9. The van der Waals surface area contributed by atoms with Crippen LogP contribution in [-0.4, -0.2) is 75.8 Å². The van der Waals surface area contributed by atoms with Crippen LogP contribution in [0.1, 0.15) is 83.6 Å². The van der Waals surface area contributed by atoms with E-state index in [0.29, 0.717) is 47.4 Å². The molecule has 4 heterocycles. The summed E-state index contributed by atoms with van der Waals surface area (Å²) in [7, 11) is -2.02. The Morgan fingerprint density at radius 3 is 1.19 bits per heavy atom. The van der Waals surface area contributed by atoms with Gasteiger partial charge in [0.25, 0.3) is 0 Å². The van der Waals surface area contributed by atoms with Crippen LogP contribution in [0.15, 0.2) is 296 Å². The maximum Gasteiger partial charge on any atom is 0.224 e. The molecule has 0 spiro atoms. The number of hydrogen-bond donors (Lipinski definition) is 7. The molecular formula is C114H105Cl10N9O8S3. The number of aryl methyl sites for hydroxylation is 10. The lowest BCUT2D eigenvalue weighted by Gasteiger charge is -2.09. The number of oxime groups is 1. The lowest BCUT2D eigenvalue weighted by Crippen LogP contribution is -2.20. The SMILES string of the molecule is CNC(=O)Cc1cc2cc(Cl)ccc2cc1C.CNS(=O)(=O)Cc1cc2cc(Cl)ccc2cc1C.COc1cc2cc(Cl)ccc2cc1C.Cc1cc2cc(Cl)sc2[nH]1.Cc1cc2ccc(Cl)cc2cc1/C(N)=N\O.Cc1cc2ccc(Cl)cc2cc1CC(N)=O.Cc1cc2ccc(Cl)cc2cc1CS(N)(=O)=O.Cc1ccc2cc(Cl)ncc2c1.Cc1ccc2ccc(Cl)cc2c1.Cc1ccc2nc(Cl)ccc2c1. The Morgan fingerprint density at radius 2 is 0.750 bits per heavy atom. The Morgan fingerprint density at radius 1 is 0.382 bits per heavy atom. The quantitative estimate of drug-likeness (QED) is 0.0210. The zero-order valence-electron chi connectivity index (χ0n) is 80.9. The summed E-state index contributed by atoms with van der Waals surface area (Å²) in [5.41, 5.74) is 27.1. The summed E-state index contributed by atoms with van der Waals surface area (Å²) in [6, 6.07) is 92.2. The molecule has 0 aliphatic heterocycles. The van der Waals surface area contributed by atoms with E-state index in [4.69, 9.17) is 143 Å². The maximum atomic E-state index is 11.6. The number of likely N-dealkylation sites (N-methyl/N-ethyl adjacent to an activating group) is 1.